The van der Waals surface area contributed by atoms with Gasteiger partial charge in [0.2, 0.25) is 15.9 Å². The highest BCUT2D eigenvalue weighted by Crippen LogP contribution is 2.17. The third kappa shape index (κ3) is 6.43. The van der Waals surface area contributed by atoms with Crippen LogP contribution in [0.5, 0.6) is 0 Å². The highest BCUT2D eigenvalue weighted by molar-refractivity contribution is 7.89. The molecule has 0 aromatic heterocycles. The molecule has 0 aliphatic carbocycles. The van der Waals surface area contributed by atoms with Gasteiger partial charge in [0, 0.05) is 20.6 Å². The summed E-state index contributed by atoms with van der Waals surface area (Å²) in [4.78, 5) is 25.3. The number of carbonyl (C=O) groups is 2. The lowest BCUT2D eigenvalue weighted by molar-refractivity contribution is -0.133. The molecule has 0 unspecified atom stereocenters. The van der Waals surface area contributed by atoms with Gasteiger partial charge in [0.25, 0.3) is 0 Å². The maximum atomic E-state index is 12.8. The number of aryl methyl sites for hydroxylation is 1. The lowest BCUT2D eigenvalue weighted by Gasteiger charge is -2.21. The maximum absolute atomic E-state index is 12.8. The minimum Gasteiger partial charge on any atom is -0.348 e. The van der Waals surface area contributed by atoms with Gasteiger partial charge in [-0.3, -0.25) is 9.59 Å². The zero-order valence-electron chi connectivity index (χ0n) is 15.2. The Morgan fingerprint density at radius 3 is 2.24 bits per heavy atom. The van der Waals surface area contributed by atoms with Gasteiger partial charge < -0.3 is 4.90 Å². The Morgan fingerprint density at radius 2 is 1.72 bits per heavy atom. The molecule has 7 heteroatoms. The lowest BCUT2D eigenvalue weighted by atomic mass is 10.2. The summed E-state index contributed by atoms with van der Waals surface area (Å²) in [6.07, 6.45) is 3.86. The average Bonchev–Trinajstić information content (AvgIpc) is 2.54. The second-order valence-electron chi connectivity index (χ2n) is 6.01. The molecule has 6 nitrogen and oxygen atoms in total. The molecule has 0 saturated heterocycles. The maximum Gasteiger partial charge on any atom is 0.243 e. The van der Waals surface area contributed by atoms with Gasteiger partial charge in [-0.1, -0.05) is 29.8 Å². The molecule has 1 rings (SSSR count). The first-order chi connectivity index (χ1) is 11.7. The van der Waals surface area contributed by atoms with Crippen LogP contribution in [-0.2, 0) is 19.6 Å². The monoisotopic (exact) mass is 366 g/mol. The van der Waals surface area contributed by atoms with Crippen LogP contribution in [0.1, 0.15) is 25.3 Å². The third-order valence-electron chi connectivity index (χ3n) is 3.64. The van der Waals surface area contributed by atoms with Crippen LogP contribution in [0.15, 0.2) is 41.3 Å². The summed E-state index contributed by atoms with van der Waals surface area (Å²) in [5, 5.41) is 0. The quantitative estimate of drug-likeness (QED) is 0.495. The van der Waals surface area contributed by atoms with E-state index in [4.69, 9.17) is 0 Å². The molecule has 0 spiro atoms. The van der Waals surface area contributed by atoms with E-state index in [1.165, 1.54) is 17.0 Å². The molecule has 0 atom stereocenters. The van der Waals surface area contributed by atoms with Crippen LogP contribution >= 0.6 is 0 Å². The van der Waals surface area contributed by atoms with Crippen LogP contribution < -0.4 is 0 Å². The number of hydrogen-bond acceptors (Lipinski definition) is 4. The number of benzene rings is 1. The van der Waals surface area contributed by atoms with E-state index in [9.17, 15) is 18.0 Å². The number of carbonyl (C=O) groups excluding carboxylic acids is 2. The molecule has 0 N–H and O–H groups in total. The minimum absolute atomic E-state index is 0.144. The summed E-state index contributed by atoms with van der Waals surface area (Å²) in [6.45, 7) is 3.59. The normalized spacial score (nSPS) is 11.9. The van der Waals surface area contributed by atoms with E-state index in [-0.39, 0.29) is 30.3 Å². The molecule has 0 heterocycles. The Kier molecular flexibility index (Phi) is 7.99. The van der Waals surface area contributed by atoms with Crippen molar-refractivity contribution in [3.05, 3.63) is 42.0 Å². The van der Waals surface area contributed by atoms with Crippen molar-refractivity contribution in [1.82, 2.24) is 9.21 Å². The molecule has 1 aromatic carbocycles. The molecule has 138 valence electrons. The van der Waals surface area contributed by atoms with Crippen LogP contribution in [0.3, 0.4) is 0 Å². The molecule has 0 aliphatic heterocycles. The standard InChI is InChI=1S/C18H26N2O4S/c1-5-6-7-12-20(14-16(21)13-18(22)19(3)4)25(23,24)17-10-8-15(2)9-11-17/h5-6,8-11H,7,12-14H2,1-4H3/b6-5+. The van der Waals surface area contributed by atoms with Crippen molar-refractivity contribution in [3.8, 4) is 0 Å². The van der Waals surface area contributed by atoms with Gasteiger partial charge in [-0.05, 0) is 32.4 Å². The molecule has 1 amide bonds. The van der Waals surface area contributed by atoms with E-state index in [1.807, 2.05) is 26.0 Å². The average molecular weight is 366 g/mol. The van der Waals surface area contributed by atoms with E-state index >= 15 is 0 Å². The number of amides is 1. The fraction of sp³-hybridized carbons (Fsp3) is 0.444. The van der Waals surface area contributed by atoms with Gasteiger partial charge in [-0.2, -0.15) is 4.31 Å². The van der Waals surface area contributed by atoms with E-state index in [2.05, 4.69) is 0 Å². The second-order valence-corrected chi connectivity index (χ2v) is 7.95. The summed E-state index contributed by atoms with van der Waals surface area (Å²) in [6, 6.07) is 6.49. The Morgan fingerprint density at radius 1 is 1.12 bits per heavy atom. The van der Waals surface area contributed by atoms with Crippen molar-refractivity contribution in [1.29, 1.82) is 0 Å². The van der Waals surface area contributed by atoms with E-state index in [1.54, 1.807) is 26.2 Å². The largest absolute Gasteiger partial charge is 0.348 e. The summed E-state index contributed by atoms with van der Waals surface area (Å²) >= 11 is 0. The number of Topliss-reactive ketones (excluding diaryl/α,β-unsaturated/α-hetero) is 1. The highest BCUT2D eigenvalue weighted by Gasteiger charge is 2.26. The SMILES string of the molecule is C/C=C/CCN(CC(=O)CC(=O)N(C)C)S(=O)(=O)c1ccc(C)cc1. The molecular formula is C18H26N2O4S. The third-order valence-corrected chi connectivity index (χ3v) is 5.50. The first-order valence-corrected chi connectivity index (χ1v) is 9.52. The second kappa shape index (κ2) is 9.48. The molecule has 0 aliphatic rings. The number of hydrogen-bond donors (Lipinski definition) is 0. The van der Waals surface area contributed by atoms with Crippen LogP contribution in [0.2, 0.25) is 0 Å². The van der Waals surface area contributed by atoms with Crippen molar-refractivity contribution in [2.24, 2.45) is 0 Å². The Balaban J connectivity index is 3.00. The molecule has 0 fully saturated rings. The smallest absolute Gasteiger partial charge is 0.243 e. The van der Waals surface area contributed by atoms with Crippen LogP contribution in [0.4, 0.5) is 0 Å². The predicted molar refractivity (Wildman–Crippen MR) is 97.7 cm³/mol. The number of sulfonamides is 1. The van der Waals surface area contributed by atoms with Gasteiger partial charge in [0.05, 0.1) is 17.9 Å². The molecular weight excluding hydrogens is 340 g/mol. The Labute approximate surface area is 150 Å². The topological polar surface area (TPSA) is 74.8 Å². The Hall–Kier alpha value is -1.99. The van der Waals surface area contributed by atoms with Crippen molar-refractivity contribution >= 4 is 21.7 Å². The van der Waals surface area contributed by atoms with Gasteiger partial charge >= 0.3 is 0 Å². The predicted octanol–water partition coefficient (Wildman–Crippen LogP) is 2.00. The number of ketones is 1. The van der Waals surface area contributed by atoms with Gasteiger partial charge in [-0.15, -0.1) is 0 Å². The van der Waals surface area contributed by atoms with Crippen molar-refractivity contribution in [2.45, 2.75) is 31.6 Å². The van der Waals surface area contributed by atoms with Crippen LogP contribution in [0, 0.1) is 6.92 Å². The number of allylic oxidation sites excluding steroid dienone is 1. The van der Waals surface area contributed by atoms with Crippen molar-refractivity contribution in [2.75, 3.05) is 27.2 Å². The van der Waals surface area contributed by atoms with E-state index in [0.717, 1.165) is 9.87 Å². The zero-order valence-corrected chi connectivity index (χ0v) is 16.0. The lowest BCUT2D eigenvalue weighted by Crippen LogP contribution is -2.38. The van der Waals surface area contributed by atoms with Crippen LogP contribution in [0.25, 0.3) is 0 Å². The number of nitrogens with zero attached hydrogens (tertiary/aromatic N) is 2. The summed E-state index contributed by atoms with van der Waals surface area (Å²) in [7, 11) is -0.680. The highest BCUT2D eigenvalue weighted by atomic mass is 32.2. The summed E-state index contributed by atoms with van der Waals surface area (Å²) in [5.41, 5.74) is 0.951. The summed E-state index contributed by atoms with van der Waals surface area (Å²) in [5.74, 6) is -0.763. The first-order valence-electron chi connectivity index (χ1n) is 8.08. The Bertz CT molecular complexity index is 722. The minimum atomic E-state index is -3.80. The molecule has 25 heavy (non-hydrogen) atoms. The number of rotatable bonds is 9. The van der Waals surface area contributed by atoms with Crippen LogP contribution in [-0.4, -0.2) is 56.5 Å². The van der Waals surface area contributed by atoms with Gasteiger partial charge in [-0.25, -0.2) is 8.42 Å². The molecule has 0 radical (unpaired) electrons. The van der Waals surface area contributed by atoms with Crippen molar-refractivity contribution < 1.29 is 18.0 Å². The molecule has 0 saturated carbocycles. The molecule has 1 aromatic rings. The fourth-order valence-corrected chi connectivity index (χ4v) is 3.55. The molecule has 0 bridgehead atoms. The van der Waals surface area contributed by atoms with Gasteiger partial charge in [0.15, 0.2) is 5.78 Å². The van der Waals surface area contributed by atoms with Crippen molar-refractivity contribution in [3.63, 3.8) is 0 Å². The van der Waals surface area contributed by atoms with E-state index in [0.29, 0.717) is 6.42 Å². The fourth-order valence-electron chi connectivity index (χ4n) is 2.11. The van der Waals surface area contributed by atoms with E-state index < -0.39 is 15.8 Å². The zero-order chi connectivity index (χ0) is 19.0. The van der Waals surface area contributed by atoms with Gasteiger partial charge in [0.1, 0.15) is 0 Å². The first kappa shape index (κ1) is 21.1. The summed E-state index contributed by atoms with van der Waals surface area (Å²) < 4.78 is 26.8.